The van der Waals surface area contributed by atoms with Crippen LogP contribution in [0.4, 0.5) is 0 Å². The lowest BCUT2D eigenvalue weighted by atomic mass is 10.2. The van der Waals surface area contributed by atoms with Crippen LogP contribution in [0.5, 0.6) is 5.88 Å². The van der Waals surface area contributed by atoms with E-state index in [1.54, 1.807) is 13.3 Å². The molecule has 0 radical (unpaired) electrons. The number of ether oxygens (including phenoxy) is 1. The molecule has 18 heavy (non-hydrogen) atoms. The second kappa shape index (κ2) is 6.19. The van der Waals surface area contributed by atoms with Crippen LogP contribution in [0.2, 0.25) is 0 Å². The zero-order valence-corrected chi connectivity index (χ0v) is 12.0. The van der Waals surface area contributed by atoms with E-state index in [2.05, 4.69) is 21.5 Å². The van der Waals surface area contributed by atoms with E-state index < -0.39 is 0 Å². The van der Waals surface area contributed by atoms with Crippen molar-refractivity contribution < 1.29 is 4.74 Å². The lowest BCUT2D eigenvalue weighted by molar-refractivity contribution is 0.398. The van der Waals surface area contributed by atoms with Crippen LogP contribution in [-0.2, 0) is 7.05 Å². The molecule has 0 saturated heterocycles. The van der Waals surface area contributed by atoms with E-state index in [4.69, 9.17) is 4.74 Å². The van der Waals surface area contributed by atoms with Crippen molar-refractivity contribution in [2.24, 2.45) is 7.05 Å². The van der Waals surface area contributed by atoms with E-state index in [0.717, 1.165) is 22.8 Å². The van der Waals surface area contributed by atoms with Crippen LogP contribution in [-0.4, -0.2) is 21.6 Å². The molecule has 2 heterocycles. The Hall–Kier alpha value is -1.84. The SMILES string of the molecule is CC.COc1ccc(-c2nc(C)n(C)c2C)cn1. The lowest BCUT2D eigenvalue weighted by Gasteiger charge is -2.01. The van der Waals surface area contributed by atoms with Gasteiger partial charge in [0.25, 0.3) is 0 Å². The summed E-state index contributed by atoms with van der Waals surface area (Å²) in [6, 6.07) is 3.82. The van der Waals surface area contributed by atoms with Crippen LogP contribution in [0.3, 0.4) is 0 Å². The van der Waals surface area contributed by atoms with E-state index in [1.165, 1.54) is 0 Å². The first-order valence-corrected chi connectivity index (χ1v) is 6.14. The second-order valence-corrected chi connectivity index (χ2v) is 3.74. The summed E-state index contributed by atoms with van der Waals surface area (Å²) in [5, 5.41) is 0. The van der Waals surface area contributed by atoms with Crippen LogP contribution in [0.1, 0.15) is 25.4 Å². The van der Waals surface area contributed by atoms with E-state index >= 15 is 0 Å². The van der Waals surface area contributed by atoms with Gasteiger partial charge in [-0.3, -0.25) is 0 Å². The summed E-state index contributed by atoms with van der Waals surface area (Å²) in [5.41, 5.74) is 3.14. The summed E-state index contributed by atoms with van der Waals surface area (Å²) in [6.45, 7) is 8.05. The normalized spacial score (nSPS) is 9.67. The minimum atomic E-state index is 0.619. The summed E-state index contributed by atoms with van der Waals surface area (Å²) in [5.74, 6) is 1.62. The van der Waals surface area contributed by atoms with Crippen LogP contribution < -0.4 is 4.74 Å². The topological polar surface area (TPSA) is 39.9 Å². The van der Waals surface area contributed by atoms with Gasteiger partial charge in [0, 0.05) is 30.6 Å². The van der Waals surface area contributed by atoms with Gasteiger partial charge in [-0.2, -0.15) is 0 Å². The molecule has 2 aromatic rings. The van der Waals surface area contributed by atoms with Gasteiger partial charge in [0.2, 0.25) is 5.88 Å². The molecule has 4 nitrogen and oxygen atoms in total. The highest BCUT2D eigenvalue weighted by Crippen LogP contribution is 2.23. The molecule has 0 spiro atoms. The average Bonchev–Trinajstić information content (AvgIpc) is 2.69. The second-order valence-electron chi connectivity index (χ2n) is 3.74. The monoisotopic (exact) mass is 247 g/mol. The molecule has 0 saturated carbocycles. The van der Waals surface area contributed by atoms with Crippen molar-refractivity contribution in [1.82, 2.24) is 14.5 Å². The Kier molecular flexibility index (Phi) is 4.89. The van der Waals surface area contributed by atoms with Crippen molar-refractivity contribution in [1.29, 1.82) is 0 Å². The molecule has 4 heteroatoms. The van der Waals surface area contributed by atoms with Gasteiger partial charge in [-0.25, -0.2) is 9.97 Å². The number of hydrogen-bond donors (Lipinski definition) is 0. The minimum Gasteiger partial charge on any atom is -0.481 e. The van der Waals surface area contributed by atoms with Gasteiger partial charge < -0.3 is 9.30 Å². The Morgan fingerprint density at radius 3 is 2.22 bits per heavy atom. The fourth-order valence-corrected chi connectivity index (χ4v) is 1.63. The standard InChI is InChI=1S/C12H15N3O.C2H6/c1-8-12(14-9(2)15(8)3)10-5-6-11(16-4)13-7-10;1-2/h5-7H,1-4H3;1-2H3. The van der Waals surface area contributed by atoms with Crippen LogP contribution in [0.15, 0.2) is 18.3 Å². The van der Waals surface area contributed by atoms with E-state index in [-0.39, 0.29) is 0 Å². The Morgan fingerprint density at radius 1 is 1.17 bits per heavy atom. The minimum absolute atomic E-state index is 0.619. The third-order valence-electron chi connectivity index (χ3n) is 2.82. The fraction of sp³-hybridized carbons (Fsp3) is 0.429. The zero-order valence-electron chi connectivity index (χ0n) is 12.0. The van der Waals surface area contributed by atoms with Gasteiger partial charge in [0.1, 0.15) is 5.82 Å². The highest BCUT2D eigenvalue weighted by atomic mass is 16.5. The van der Waals surface area contributed by atoms with E-state index in [0.29, 0.717) is 5.88 Å². The number of methoxy groups -OCH3 is 1. The maximum absolute atomic E-state index is 5.03. The summed E-state index contributed by atoms with van der Waals surface area (Å²) >= 11 is 0. The molecule has 0 aliphatic heterocycles. The van der Waals surface area contributed by atoms with E-state index in [9.17, 15) is 0 Å². The first-order valence-electron chi connectivity index (χ1n) is 6.14. The van der Waals surface area contributed by atoms with Crippen molar-refractivity contribution in [3.05, 3.63) is 29.8 Å². The Bertz CT molecular complexity index is 501. The summed E-state index contributed by atoms with van der Waals surface area (Å²) in [6.07, 6.45) is 1.79. The molecule has 0 bridgehead atoms. The number of imidazole rings is 1. The first kappa shape index (κ1) is 14.2. The third-order valence-corrected chi connectivity index (χ3v) is 2.82. The van der Waals surface area contributed by atoms with Crippen LogP contribution in [0, 0.1) is 13.8 Å². The van der Waals surface area contributed by atoms with Crippen LogP contribution >= 0.6 is 0 Å². The zero-order chi connectivity index (χ0) is 13.7. The van der Waals surface area contributed by atoms with Gasteiger partial charge in [-0.1, -0.05) is 13.8 Å². The number of aryl methyl sites for hydroxylation is 1. The maximum atomic E-state index is 5.03. The van der Waals surface area contributed by atoms with Gasteiger partial charge in [-0.05, 0) is 19.9 Å². The van der Waals surface area contributed by atoms with Gasteiger partial charge in [-0.15, -0.1) is 0 Å². The molecular weight excluding hydrogens is 226 g/mol. The molecule has 0 aliphatic rings. The van der Waals surface area contributed by atoms with E-state index in [1.807, 2.05) is 40.0 Å². The number of aromatic nitrogens is 3. The molecule has 2 rings (SSSR count). The summed E-state index contributed by atoms with van der Waals surface area (Å²) in [4.78, 5) is 8.70. The molecule has 0 unspecified atom stereocenters. The molecular formula is C14H21N3O. The maximum Gasteiger partial charge on any atom is 0.212 e. The Labute approximate surface area is 109 Å². The molecule has 2 aromatic heterocycles. The molecule has 0 fully saturated rings. The highest BCUT2D eigenvalue weighted by molar-refractivity contribution is 5.61. The molecule has 0 N–H and O–H groups in total. The summed E-state index contributed by atoms with van der Waals surface area (Å²) < 4.78 is 7.10. The predicted molar refractivity (Wildman–Crippen MR) is 73.8 cm³/mol. The molecule has 0 aliphatic carbocycles. The van der Waals surface area contributed by atoms with Gasteiger partial charge in [0.05, 0.1) is 12.8 Å². The lowest BCUT2D eigenvalue weighted by Crippen LogP contribution is -1.93. The van der Waals surface area contributed by atoms with Crippen molar-refractivity contribution in [2.45, 2.75) is 27.7 Å². The highest BCUT2D eigenvalue weighted by Gasteiger charge is 2.10. The number of pyridine rings is 1. The largest absolute Gasteiger partial charge is 0.481 e. The molecule has 0 aromatic carbocycles. The fourth-order valence-electron chi connectivity index (χ4n) is 1.63. The van der Waals surface area contributed by atoms with Crippen LogP contribution in [0.25, 0.3) is 11.3 Å². The van der Waals surface area contributed by atoms with Crippen molar-refractivity contribution >= 4 is 0 Å². The smallest absolute Gasteiger partial charge is 0.212 e. The average molecular weight is 247 g/mol. The quantitative estimate of drug-likeness (QED) is 0.818. The number of rotatable bonds is 2. The third kappa shape index (κ3) is 2.70. The molecule has 0 atom stereocenters. The Balaban J connectivity index is 0.000000771. The summed E-state index contributed by atoms with van der Waals surface area (Å²) in [7, 11) is 3.62. The molecule has 98 valence electrons. The number of hydrogen-bond acceptors (Lipinski definition) is 3. The Morgan fingerprint density at radius 2 is 1.83 bits per heavy atom. The van der Waals surface area contributed by atoms with Crippen molar-refractivity contribution in [3.63, 3.8) is 0 Å². The van der Waals surface area contributed by atoms with Gasteiger partial charge >= 0.3 is 0 Å². The first-order chi connectivity index (χ1) is 8.63. The van der Waals surface area contributed by atoms with Gasteiger partial charge in [0.15, 0.2) is 0 Å². The van der Waals surface area contributed by atoms with Crippen molar-refractivity contribution in [2.75, 3.05) is 7.11 Å². The van der Waals surface area contributed by atoms with Crippen molar-refractivity contribution in [3.8, 4) is 17.1 Å². The molecule has 0 amide bonds. The predicted octanol–water partition coefficient (Wildman–Crippen LogP) is 3.13. The number of nitrogens with zero attached hydrogens (tertiary/aromatic N) is 3.